The molecule has 6 nitrogen and oxygen atoms in total. The predicted molar refractivity (Wildman–Crippen MR) is 113 cm³/mol. The zero-order chi connectivity index (χ0) is 23.9. The molecule has 2 aromatic rings. The van der Waals surface area contributed by atoms with Crippen molar-refractivity contribution in [2.24, 2.45) is 0 Å². The fourth-order valence-corrected chi connectivity index (χ4v) is 3.29. The number of carbonyl (C=O) groups excluding carboxylic acids is 2. The quantitative estimate of drug-likeness (QED) is 0.485. The summed E-state index contributed by atoms with van der Waals surface area (Å²) in [4.78, 5) is 26.2. The molecule has 32 heavy (non-hydrogen) atoms. The molecule has 0 bridgehead atoms. The predicted octanol–water partition coefficient (Wildman–Crippen LogP) is 4.16. The van der Waals surface area contributed by atoms with Crippen LogP contribution in [-0.2, 0) is 15.1 Å². The van der Waals surface area contributed by atoms with E-state index in [2.05, 4.69) is 12.0 Å². The summed E-state index contributed by atoms with van der Waals surface area (Å²) in [5, 5.41) is 0.618. The minimum absolute atomic E-state index is 0.134. The van der Waals surface area contributed by atoms with Crippen LogP contribution in [0.4, 0.5) is 13.2 Å². The normalized spacial score (nSPS) is 13.1. The van der Waals surface area contributed by atoms with Gasteiger partial charge in [0.1, 0.15) is 5.75 Å². The van der Waals surface area contributed by atoms with Gasteiger partial charge in [-0.15, -0.1) is 6.58 Å². The summed E-state index contributed by atoms with van der Waals surface area (Å²) in [6, 6.07) is 11.2. The van der Waals surface area contributed by atoms with E-state index in [1.807, 2.05) is 0 Å². The highest BCUT2D eigenvalue weighted by Crippen LogP contribution is 2.43. The molecule has 2 aromatic carbocycles. The maximum atomic E-state index is 14.3. The number of nitrogens with one attached hydrogen (secondary N) is 1. The van der Waals surface area contributed by atoms with Crippen LogP contribution in [0.1, 0.15) is 27.9 Å². The first-order chi connectivity index (χ1) is 15.1. The van der Waals surface area contributed by atoms with Gasteiger partial charge in [0.2, 0.25) is 0 Å². The topological polar surface area (TPSA) is 67.9 Å². The van der Waals surface area contributed by atoms with E-state index in [1.54, 1.807) is 19.1 Å². The molecule has 0 radical (unpaired) electrons. The van der Waals surface area contributed by atoms with Gasteiger partial charge in [-0.3, -0.25) is 20.0 Å². The van der Waals surface area contributed by atoms with E-state index in [-0.39, 0.29) is 18.5 Å². The van der Waals surface area contributed by atoms with E-state index >= 15 is 0 Å². The molecule has 2 amide bonds. The maximum absolute atomic E-state index is 14.3. The van der Waals surface area contributed by atoms with Crippen LogP contribution in [0.25, 0.3) is 0 Å². The van der Waals surface area contributed by atoms with Gasteiger partial charge in [0, 0.05) is 30.3 Å². The lowest BCUT2D eigenvalue weighted by atomic mass is 9.91. The molecular formula is C23H25F3N2O4. The minimum atomic E-state index is -5.11. The van der Waals surface area contributed by atoms with Crippen molar-refractivity contribution in [1.29, 1.82) is 0 Å². The Kier molecular flexibility index (Phi) is 8.04. The Balaban J connectivity index is 2.52. The van der Waals surface area contributed by atoms with Crippen LogP contribution in [0, 0.1) is 6.92 Å². The number of halogens is 3. The standard InChI is InChI=1S/C23H25F3N2O4/c1-5-6-15-28(27-20(29)18-13-10-14-19(31-3)16(18)2)21(30)22(32-4,23(24,25)26)17-11-8-7-9-12-17/h5,7-14H,1,6,15H2,2-4H3,(H,27,29)/t22-/m0/s1. The second-order valence-electron chi connectivity index (χ2n) is 6.86. The highest BCUT2D eigenvalue weighted by molar-refractivity contribution is 5.98. The first kappa shape index (κ1) is 24.9. The van der Waals surface area contributed by atoms with Crippen molar-refractivity contribution in [2.45, 2.75) is 25.1 Å². The van der Waals surface area contributed by atoms with Crippen LogP contribution in [0.2, 0.25) is 0 Å². The van der Waals surface area contributed by atoms with Gasteiger partial charge in [-0.2, -0.15) is 13.2 Å². The van der Waals surface area contributed by atoms with Crippen molar-refractivity contribution in [3.63, 3.8) is 0 Å². The van der Waals surface area contributed by atoms with Crippen LogP contribution in [-0.4, -0.2) is 43.8 Å². The number of amides is 2. The maximum Gasteiger partial charge on any atom is 0.431 e. The average Bonchev–Trinajstić information content (AvgIpc) is 2.77. The zero-order valence-corrected chi connectivity index (χ0v) is 18.0. The van der Waals surface area contributed by atoms with Gasteiger partial charge < -0.3 is 9.47 Å². The Bertz CT molecular complexity index is 963. The number of rotatable bonds is 8. The Morgan fingerprint density at radius 1 is 1.09 bits per heavy atom. The van der Waals surface area contributed by atoms with Crippen LogP contribution < -0.4 is 10.2 Å². The first-order valence-corrected chi connectivity index (χ1v) is 9.68. The molecule has 0 saturated heterocycles. The van der Waals surface area contributed by atoms with E-state index in [0.717, 1.165) is 19.2 Å². The lowest BCUT2D eigenvalue weighted by Gasteiger charge is -2.37. The number of nitrogens with zero attached hydrogens (tertiary/aromatic N) is 1. The van der Waals surface area contributed by atoms with Gasteiger partial charge in [0.15, 0.2) is 0 Å². The molecule has 0 aromatic heterocycles. The SMILES string of the molecule is C=CCCN(NC(=O)c1cccc(OC)c1C)C(=O)[C@@](OC)(c1ccccc1)C(F)(F)F. The number of ether oxygens (including phenoxy) is 2. The molecule has 0 aliphatic rings. The van der Waals surface area contributed by atoms with Crippen molar-refractivity contribution in [2.75, 3.05) is 20.8 Å². The van der Waals surface area contributed by atoms with Crippen molar-refractivity contribution >= 4 is 11.8 Å². The number of methoxy groups -OCH3 is 2. The molecular weight excluding hydrogens is 425 g/mol. The number of hydrogen-bond acceptors (Lipinski definition) is 4. The van der Waals surface area contributed by atoms with E-state index in [4.69, 9.17) is 9.47 Å². The van der Waals surface area contributed by atoms with E-state index < -0.39 is 29.2 Å². The number of alkyl halides is 3. The van der Waals surface area contributed by atoms with Gasteiger partial charge >= 0.3 is 6.18 Å². The minimum Gasteiger partial charge on any atom is -0.496 e. The first-order valence-electron chi connectivity index (χ1n) is 9.68. The highest BCUT2D eigenvalue weighted by Gasteiger charge is 2.64. The van der Waals surface area contributed by atoms with Crippen molar-refractivity contribution in [3.05, 3.63) is 77.9 Å². The third kappa shape index (κ3) is 4.77. The number of hydrogen-bond donors (Lipinski definition) is 1. The van der Waals surface area contributed by atoms with Gasteiger partial charge in [0.25, 0.3) is 17.4 Å². The largest absolute Gasteiger partial charge is 0.496 e. The van der Waals surface area contributed by atoms with Crippen LogP contribution >= 0.6 is 0 Å². The third-order valence-corrected chi connectivity index (χ3v) is 4.97. The number of carbonyl (C=O) groups is 2. The summed E-state index contributed by atoms with van der Waals surface area (Å²) in [7, 11) is 2.23. The molecule has 2 rings (SSSR count). The van der Waals surface area contributed by atoms with E-state index in [1.165, 1.54) is 37.5 Å². The summed E-state index contributed by atoms with van der Waals surface area (Å²) in [5.74, 6) is -1.82. The fourth-order valence-electron chi connectivity index (χ4n) is 3.29. The molecule has 0 unspecified atom stereocenters. The highest BCUT2D eigenvalue weighted by atomic mass is 19.4. The van der Waals surface area contributed by atoms with Gasteiger partial charge in [0.05, 0.1) is 7.11 Å². The monoisotopic (exact) mass is 450 g/mol. The summed E-state index contributed by atoms with van der Waals surface area (Å²) in [5.41, 5.74) is -0.796. The second kappa shape index (κ2) is 10.3. The van der Waals surface area contributed by atoms with Crippen molar-refractivity contribution in [1.82, 2.24) is 10.4 Å². The van der Waals surface area contributed by atoms with Crippen molar-refractivity contribution in [3.8, 4) is 5.75 Å². The van der Waals surface area contributed by atoms with Gasteiger partial charge in [-0.05, 0) is 25.5 Å². The summed E-state index contributed by atoms with van der Waals surface area (Å²) in [6.45, 7) is 4.92. The fraction of sp³-hybridized carbons (Fsp3) is 0.304. The van der Waals surface area contributed by atoms with E-state index in [9.17, 15) is 22.8 Å². The molecule has 0 fully saturated rings. The van der Waals surface area contributed by atoms with Crippen LogP contribution in [0.5, 0.6) is 5.75 Å². The molecule has 0 saturated carbocycles. The molecule has 0 heterocycles. The lowest BCUT2D eigenvalue weighted by molar-refractivity contribution is -0.271. The van der Waals surface area contributed by atoms with Gasteiger partial charge in [-0.25, -0.2) is 0 Å². The Morgan fingerprint density at radius 2 is 1.75 bits per heavy atom. The number of benzene rings is 2. The lowest BCUT2D eigenvalue weighted by Crippen LogP contribution is -2.61. The average molecular weight is 450 g/mol. The second-order valence-corrected chi connectivity index (χ2v) is 6.86. The molecule has 0 aliphatic heterocycles. The van der Waals surface area contributed by atoms with E-state index in [0.29, 0.717) is 16.3 Å². The van der Waals surface area contributed by atoms with Crippen molar-refractivity contribution < 1.29 is 32.2 Å². The molecule has 172 valence electrons. The molecule has 1 N–H and O–H groups in total. The summed E-state index contributed by atoms with van der Waals surface area (Å²) >= 11 is 0. The van der Waals surface area contributed by atoms with Gasteiger partial charge in [-0.1, -0.05) is 42.5 Å². The zero-order valence-electron chi connectivity index (χ0n) is 18.0. The third-order valence-electron chi connectivity index (χ3n) is 4.97. The molecule has 0 aliphatic carbocycles. The Labute approximate surface area is 184 Å². The Morgan fingerprint density at radius 3 is 2.28 bits per heavy atom. The van der Waals surface area contributed by atoms with Crippen LogP contribution in [0.3, 0.4) is 0 Å². The smallest absolute Gasteiger partial charge is 0.431 e. The van der Waals surface area contributed by atoms with Crippen LogP contribution in [0.15, 0.2) is 61.2 Å². The molecule has 0 spiro atoms. The summed E-state index contributed by atoms with van der Waals surface area (Å²) in [6.07, 6.45) is -3.55. The number of hydrazine groups is 1. The molecule has 9 heteroatoms. The Hall–Kier alpha value is -3.33. The molecule has 1 atom stereocenters. The summed E-state index contributed by atoms with van der Waals surface area (Å²) < 4.78 is 52.9.